The number of rotatable bonds is 6. The van der Waals surface area contributed by atoms with Crippen LogP contribution in [-0.4, -0.2) is 19.7 Å². The van der Waals surface area contributed by atoms with Gasteiger partial charge in [-0.25, -0.2) is 4.98 Å². The van der Waals surface area contributed by atoms with Gasteiger partial charge in [0.15, 0.2) is 5.76 Å². The fourth-order valence-corrected chi connectivity index (χ4v) is 4.06. The van der Waals surface area contributed by atoms with Crippen molar-refractivity contribution in [3.63, 3.8) is 0 Å². The summed E-state index contributed by atoms with van der Waals surface area (Å²) in [5, 5.41) is 4.25. The van der Waals surface area contributed by atoms with Crippen LogP contribution in [0.4, 0.5) is 0 Å². The molecule has 7 nitrogen and oxygen atoms in total. The van der Waals surface area contributed by atoms with E-state index in [1.807, 2.05) is 50.4 Å². The lowest BCUT2D eigenvalue weighted by molar-refractivity contribution is 0.433. The van der Waals surface area contributed by atoms with Crippen molar-refractivity contribution in [2.75, 3.05) is 0 Å². The monoisotopic (exact) mass is 441 g/mol. The number of aromatic nitrogens is 4. The molecule has 3 heterocycles. The second-order valence-corrected chi connectivity index (χ2v) is 9.06. The van der Waals surface area contributed by atoms with Crippen LogP contribution in [0.5, 0.6) is 0 Å². The number of aryl methyl sites for hydroxylation is 1. The van der Waals surface area contributed by atoms with Crippen LogP contribution >= 0.6 is 0 Å². The molecule has 4 aromatic rings. The Kier molecular flexibility index (Phi) is 5.42. The first kappa shape index (κ1) is 21.3. The average molecular weight is 442 g/mol. The molecule has 1 saturated carbocycles. The summed E-state index contributed by atoms with van der Waals surface area (Å²) in [4.78, 5) is 21.7. The van der Waals surface area contributed by atoms with Crippen molar-refractivity contribution >= 4 is 0 Å². The van der Waals surface area contributed by atoms with Crippen LogP contribution in [0.3, 0.4) is 0 Å². The molecule has 1 aliphatic carbocycles. The molecule has 0 bridgehead atoms. The van der Waals surface area contributed by atoms with Crippen LogP contribution < -0.4 is 11.3 Å². The molecule has 1 aliphatic rings. The SMILES string of the molecule is Cc1ncc(-c2ccc(=O)n(CC3CC3C)c2)nc1-c1cc(-c2cccc(C(C)N)c2)no1. The van der Waals surface area contributed by atoms with Crippen molar-refractivity contribution in [3.05, 3.63) is 76.5 Å². The van der Waals surface area contributed by atoms with Gasteiger partial charge in [-0.1, -0.05) is 30.3 Å². The standard InChI is InChI=1S/C26H27N5O2/c1-15-9-21(15)14-31-13-20(7-8-25(31)32)23-12-28-17(3)26(29-23)24-11-22(30-33-24)19-6-4-5-18(10-19)16(2)27/h4-8,10-13,15-16,21H,9,14,27H2,1-3H3. The Morgan fingerprint density at radius 2 is 2.00 bits per heavy atom. The summed E-state index contributed by atoms with van der Waals surface area (Å²) >= 11 is 0. The number of hydrogen-bond donors (Lipinski definition) is 1. The van der Waals surface area contributed by atoms with Crippen LogP contribution in [0.15, 0.2) is 64.2 Å². The van der Waals surface area contributed by atoms with Crippen molar-refractivity contribution in [1.29, 1.82) is 0 Å². The molecular formula is C26H27N5O2. The molecule has 33 heavy (non-hydrogen) atoms. The van der Waals surface area contributed by atoms with E-state index in [0.29, 0.717) is 34.7 Å². The molecule has 168 valence electrons. The van der Waals surface area contributed by atoms with E-state index in [-0.39, 0.29) is 11.6 Å². The van der Waals surface area contributed by atoms with E-state index in [1.165, 1.54) is 6.42 Å². The van der Waals surface area contributed by atoms with E-state index >= 15 is 0 Å². The highest BCUT2D eigenvalue weighted by atomic mass is 16.5. The fraction of sp³-hybridized carbons (Fsp3) is 0.308. The molecular weight excluding hydrogens is 414 g/mol. The van der Waals surface area contributed by atoms with Crippen LogP contribution in [0.2, 0.25) is 0 Å². The maximum atomic E-state index is 12.3. The quantitative estimate of drug-likeness (QED) is 0.469. The van der Waals surface area contributed by atoms with Crippen molar-refractivity contribution in [2.24, 2.45) is 17.6 Å². The summed E-state index contributed by atoms with van der Waals surface area (Å²) in [6.07, 6.45) is 4.78. The molecule has 3 atom stereocenters. The van der Waals surface area contributed by atoms with Gasteiger partial charge >= 0.3 is 0 Å². The van der Waals surface area contributed by atoms with E-state index in [9.17, 15) is 4.79 Å². The smallest absolute Gasteiger partial charge is 0.250 e. The zero-order valence-corrected chi connectivity index (χ0v) is 19.0. The van der Waals surface area contributed by atoms with Crippen molar-refractivity contribution in [3.8, 4) is 34.0 Å². The predicted octanol–water partition coefficient (Wildman–Crippen LogP) is 4.61. The van der Waals surface area contributed by atoms with Gasteiger partial charge in [-0.2, -0.15) is 0 Å². The first-order valence-electron chi connectivity index (χ1n) is 11.3. The Hall–Kier alpha value is -3.58. The van der Waals surface area contributed by atoms with Gasteiger partial charge in [0.25, 0.3) is 5.56 Å². The first-order chi connectivity index (χ1) is 15.9. The highest BCUT2D eigenvalue weighted by molar-refractivity contribution is 5.68. The molecule has 0 amide bonds. The normalized spacial score (nSPS) is 18.3. The number of hydrogen-bond acceptors (Lipinski definition) is 6. The Morgan fingerprint density at radius 1 is 1.18 bits per heavy atom. The Bertz CT molecular complexity index is 1370. The minimum absolute atomic E-state index is 0.00653. The highest BCUT2D eigenvalue weighted by Crippen LogP contribution is 2.38. The van der Waals surface area contributed by atoms with Crippen LogP contribution in [0.25, 0.3) is 34.0 Å². The van der Waals surface area contributed by atoms with E-state index in [4.69, 9.17) is 15.2 Å². The second-order valence-electron chi connectivity index (χ2n) is 9.06. The summed E-state index contributed by atoms with van der Waals surface area (Å²) in [5.41, 5.74) is 11.6. The van der Waals surface area contributed by atoms with E-state index in [1.54, 1.807) is 22.9 Å². The molecule has 3 unspecified atom stereocenters. The van der Waals surface area contributed by atoms with Gasteiger partial charge in [0.1, 0.15) is 11.4 Å². The summed E-state index contributed by atoms with van der Waals surface area (Å²) < 4.78 is 7.43. The molecule has 3 aromatic heterocycles. The molecule has 0 aliphatic heterocycles. The first-order valence-corrected chi connectivity index (χ1v) is 11.3. The lowest BCUT2D eigenvalue weighted by Gasteiger charge is -2.09. The molecule has 1 fully saturated rings. The third kappa shape index (κ3) is 4.36. The third-order valence-corrected chi connectivity index (χ3v) is 6.39. The van der Waals surface area contributed by atoms with Crippen LogP contribution in [0, 0.1) is 18.8 Å². The van der Waals surface area contributed by atoms with E-state index < -0.39 is 0 Å². The minimum atomic E-state index is -0.0625. The summed E-state index contributed by atoms with van der Waals surface area (Å²) in [6.45, 7) is 6.80. The highest BCUT2D eigenvalue weighted by Gasteiger charge is 2.32. The maximum Gasteiger partial charge on any atom is 0.250 e. The maximum absolute atomic E-state index is 12.3. The zero-order valence-electron chi connectivity index (χ0n) is 19.0. The Morgan fingerprint density at radius 3 is 2.76 bits per heavy atom. The molecule has 0 radical (unpaired) electrons. The zero-order chi connectivity index (χ0) is 23.1. The molecule has 2 N–H and O–H groups in total. The van der Waals surface area contributed by atoms with Crippen LogP contribution in [0.1, 0.15) is 37.6 Å². The lowest BCUT2D eigenvalue weighted by atomic mass is 10.0. The van der Waals surface area contributed by atoms with Crippen LogP contribution in [-0.2, 0) is 6.54 Å². The lowest BCUT2D eigenvalue weighted by Crippen LogP contribution is -2.19. The van der Waals surface area contributed by atoms with Crippen molar-refractivity contribution < 1.29 is 4.52 Å². The Labute approximate surface area is 192 Å². The summed E-state index contributed by atoms with van der Waals surface area (Å²) in [6, 6.07) is 13.2. The minimum Gasteiger partial charge on any atom is -0.354 e. The Balaban J connectivity index is 1.47. The van der Waals surface area contributed by atoms with Gasteiger partial charge in [-0.05, 0) is 49.8 Å². The molecule has 1 aromatic carbocycles. The second kappa shape index (κ2) is 8.41. The molecule has 5 rings (SSSR count). The number of pyridine rings is 1. The van der Waals surface area contributed by atoms with Crippen molar-refractivity contribution in [2.45, 2.75) is 39.8 Å². The van der Waals surface area contributed by atoms with E-state index in [2.05, 4.69) is 17.1 Å². The average Bonchev–Trinajstić information content (AvgIpc) is 3.29. The topological polar surface area (TPSA) is 99.8 Å². The third-order valence-electron chi connectivity index (χ3n) is 6.39. The van der Waals surface area contributed by atoms with Gasteiger partial charge in [0.05, 0.1) is 17.6 Å². The molecule has 7 heteroatoms. The van der Waals surface area contributed by atoms with Gasteiger partial charge in [0.2, 0.25) is 0 Å². The van der Waals surface area contributed by atoms with Gasteiger partial charge < -0.3 is 14.8 Å². The molecule has 0 spiro atoms. The summed E-state index contributed by atoms with van der Waals surface area (Å²) in [7, 11) is 0. The number of nitrogens with zero attached hydrogens (tertiary/aromatic N) is 4. The largest absolute Gasteiger partial charge is 0.354 e. The van der Waals surface area contributed by atoms with Gasteiger partial charge in [-0.3, -0.25) is 9.78 Å². The number of benzene rings is 1. The van der Waals surface area contributed by atoms with Gasteiger partial charge in [-0.15, -0.1) is 0 Å². The summed E-state index contributed by atoms with van der Waals surface area (Å²) in [5.74, 6) is 1.80. The van der Waals surface area contributed by atoms with E-state index in [0.717, 1.165) is 28.9 Å². The van der Waals surface area contributed by atoms with Gasteiger partial charge in [0, 0.05) is 42.0 Å². The predicted molar refractivity (Wildman–Crippen MR) is 127 cm³/mol. The fourth-order valence-electron chi connectivity index (χ4n) is 4.06. The molecule has 0 saturated heterocycles. The van der Waals surface area contributed by atoms with Crippen molar-refractivity contribution in [1.82, 2.24) is 19.7 Å². The number of nitrogens with two attached hydrogens (primary N) is 1.